The van der Waals surface area contributed by atoms with Crippen molar-refractivity contribution in [3.05, 3.63) is 20.8 Å². The molecule has 0 aromatic carbocycles. The van der Waals surface area contributed by atoms with Crippen LogP contribution in [0, 0.1) is 0 Å². The van der Waals surface area contributed by atoms with E-state index in [1.807, 2.05) is 6.07 Å². The van der Waals surface area contributed by atoms with E-state index in [9.17, 15) is 4.79 Å². The zero-order valence-electron chi connectivity index (χ0n) is 6.76. The van der Waals surface area contributed by atoms with Gasteiger partial charge in [-0.05, 0) is 18.1 Å². The Balaban J connectivity index is 2.99. The molecule has 1 heterocycles. The van der Waals surface area contributed by atoms with Crippen LogP contribution in [0.4, 0.5) is 0 Å². The van der Waals surface area contributed by atoms with E-state index in [1.165, 1.54) is 11.3 Å². The number of nitrogens with two attached hydrogens (primary N) is 1. The van der Waals surface area contributed by atoms with E-state index in [1.54, 1.807) is 0 Å². The second-order valence-corrected chi connectivity index (χ2v) is 4.20. The average Bonchev–Trinajstić information content (AvgIpc) is 2.32. The summed E-state index contributed by atoms with van der Waals surface area (Å²) in [7, 11) is 0. The van der Waals surface area contributed by atoms with Crippen molar-refractivity contribution in [1.82, 2.24) is 0 Å². The van der Waals surface area contributed by atoms with Crippen LogP contribution in [0.15, 0.2) is 6.07 Å². The van der Waals surface area contributed by atoms with E-state index in [0.717, 1.165) is 18.4 Å². The monoisotopic (exact) mass is 203 g/mol. The molecule has 0 bridgehead atoms. The smallest absolute Gasteiger partial charge is 0.259 e. The summed E-state index contributed by atoms with van der Waals surface area (Å²) in [5.74, 6) is -0.379. The van der Waals surface area contributed by atoms with E-state index in [4.69, 9.17) is 17.3 Å². The summed E-state index contributed by atoms with van der Waals surface area (Å²) in [5.41, 5.74) is 6.14. The maximum absolute atomic E-state index is 10.9. The van der Waals surface area contributed by atoms with Gasteiger partial charge in [-0.3, -0.25) is 4.79 Å². The van der Waals surface area contributed by atoms with Crippen molar-refractivity contribution < 1.29 is 4.79 Å². The van der Waals surface area contributed by atoms with E-state index >= 15 is 0 Å². The third kappa shape index (κ3) is 1.99. The molecule has 0 unspecified atom stereocenters. The highest BCUT2D eigenvalue weighted by atomic mass is 35.5. The van der Waals surface area contributed by atoms with Crippen molar-refractivity contribution in [2.75, 3.05) is 0 Å². The lowest BCUT2D eigenvalue weighted by Gasteiger charge is -1.95. The van der Waals surface area contributed by atoms with Crippen LogP contribution >= 0.6 is 22.9 Å². The zero-order valence-corrected chi connectivity index (χ0v) is 8.34. The van der Waals surface area contributed by atoms with Gasteiger partial charge in [0.25, 0.3) is 5.91 Å². The van der Waals surface area contributed by atoms with Gasteiger partial charge in [-0.25, -0.2) is 0 Å². The molecular weight excluding hydrogens is 194 g/mol. The Hall–Kier alpha value is -0.540. The van der Waals surface area contributed by atoms with Crippen LogP contribution in [0.3, 0.4) is 0 Å². The fourth-order valence-corrected chi connectivity index (χ4v) is 2.21. The van der Waals surface area contributed by atoms with Crippen LogP contribution in [-0.2, 0) is 6.42 Å². The quantitative estimate of drug-likeness (QED) is 0.806. The lowest BCUT2D eigenvalue weighted by Crippen LogP contribution is -2.10. The fourth-order valence-electron chi connectivity index (χ4n) is 1.06. The molecule has 0 saturated heterocycles. The van der Waals surface area contributed by atoms with Crippen LogP contribution in [0.5, 0.6) is 0 Å². The van der Waals surface area contributed by atoms with Crippen molar-refractivity contribution in [3.8, 4) is 0 Å². The van der Waals surface area contributed by atoms with Crippen molar-refractivity contribution in [3.63, 3.8) is 0 Å². The second kappa shape index (κ2) is 3.92. The summed E-state index contributed by atoms with van der Waals surface area (Å²) in [5, 5.41) is 0. The lowest BCUT2D eigenvalue weighted by molar-refractivity contribution is 0.100. The van der Waals surface area contributed by atoms with Gasteiger partial charge < -0.3 is 5.73 Å². The molecule has 1 aromatic heterocycles. The van der Waals surface area contributed by atoms with Crippen molar-refractivity contribution in [2.45, 2.75) is 19.8 Å². The van der Waals surface area contributed by atoms with Crippen LogP contribution in [0.2, 0.25) is 4.34 Å². The van der Waals surface area contributed by atoms with Gasteiger partial charge in [0.1, 0.15) is 0 Å². The molecule has 2 N–H and O–H groups in total. The van der Waals surface area contributed by atoms with Gasteiger partial charge in [-0.1, -0.05) is 24.9 Å². The molecule has 12 heavy (non-hydrogen) atoms. The molecule has 1 rings (SSSR count). The number of carbonyl (C=O) groups is 1. The SMILES string of the molecule is CCCc1cc(Cl)sc1C(N)=O. The summed E-state index contributed by atoms with van der Waals surface area (Å²) in [4.78, 5) is 11.5. The number of rotatable bonds is 3. The van der Waals surface area contributed by atoms with E-state index in [-0.39, 0.29) is 5.91 Å². The van der Waals surface area contributed by atoms with Gasteiger partial charge in [0.2, 0.25) is 0 Å². The average molecular weight is 204 g/mol. The van der Waals surface area contributed by atoms with Crippen LogP contribution in [0.25, 0.3) is 0 Å². The first kappa shape index (κ1) is 9.55. The Morgan fingerprint density at radius 1 is 1.75 bits per heavy atom. The van der Waals surface area contributed by atoms with Crippen molar-refractivity contribution >= 4 is 28.8 Å². The predicted octanol–water partition coefficient (Wildman–Crippen LogP) is 2.45. The first-order chi connectivity index (χ1) is 5.65. The summed E-state index contributed by atoms with van der Waals surface area (Å²) in [6.45, 7) is 2.05. The van der Waals surface area contributed by atoms with Gasteiger partial charge in [-0.2, -0.15) is 0 Å². The lowest BCUT2D eigenvalue weighted by atomic mass is 10.1. The van der Waals surface area contributed by atoms with Gasteiger partial charge in [0, 0.05) is 0 Å². The molecule has 0 fully saturated rings. The van der Waals surface area contributed by atoms with Crippen molar-refractivity contribution in [2.24, 2.45) is 5.73 Å². The molecule has 0 radical (unpaired) electrons. The number of primary amides is 1. The Bertz CT molecular complexity index is 295. The highest BCUT2D eigenvalue weighted by Crippen LogP contribution is 2.27. The fraction of sp³-hybridized carbons (Fsp3) is 0.375. The highest BCUT2D eigenvalue weighted by Gasteiger charge is 2.11. The number of aryl methyl sites for hydroxylation is 1. The van der Waals surface area contributed by atoms with Gasteiger partial charge in [0.05, 0.1) is 9.21 Å². The number of hydrogen-bond acceptors (Lipinski definition) is 2. The van der Waals surface area contributed by atoms with Crippen LogP contribution in [-0.4, -0.2) is 5.91 Å². The first-order valence-electron chi connectivity index (χ1n) is 3.73. The molecule has 0 aliphatic carbocycles. The van der Waals surface area contributed by atoms with E-state index in [2.05, 4.69) is 6.92 Å². The number of halogens is 1. The summed E-state index contributed by atoms with van der Waals surface area (Å²) < 4.78 is 0.632. The molecule has 0 aliphatic heterocycles. The number of hydrogen-bond donors (Lipinski definition) is 1. The van der Waals surface area contributed by atoms with Gasteiger partial charge in [-0.15, -0.1) is 11.3 Å². The minimum atomic E-state index is -0.379. The van der Waals surface area contributed by atoms with Gasteiger partial charge >= 0.3 is 0 Å². The molecule has 1 aromatic rings. The Labute approximate surface area is 80.3 Å². The molecular formula is C8H10ClNOS. The number of amides is 1. The molecule has 1 amide bonds. The molecule has 66 valence electrons. The third-order valence-electron chi connectivity index (χ3n) is 1.52. The van der Waals surface area contributed by atoms with Crippen LogP contribution in [0.1, 0.15) is 28.6 Å². The molecule has 0 atom stereocenters. The van der Waals surface area contributed by atoms with E-state index < -0.39 is 0 Å². The molecule has 0 aliphatic rings. The summed E-state index contributed by atoms with van der Waals surface area (Å²) in [6, 6.07) is 1.82. The normalized spacial score (nSPS) is 10.2. The Morgan fingerprint density at radius 2 is 2.42 bits per heavy atom. The van der Waals surface area contributed by atoms with E-state index in [0.29, 0.717) is 9.21 Å². The molecule has 2 nitrogen and oxygen atoms in total. The Kier molecular flexibility index (Phi) is 3.12. The maximum atomic E-state index is 10.9. The highest BCUT2D eigenvalue weighted by molar-refractivity contribution is 7.18. The second-order valence-electron chi connectivity index (χ2n) is 2.52. The standard InChI is InChI=1S/C8H10ClNOS/c1-2-3-5-4-6(9)12-7(5)8(10)11/h4H,2-3H2,1H3,(H2,10,11). The molecule has 0 spiro atoms. The van der Waals surface area contributed by atoms with Crippen LogP contribution < -0.4 is 5.73 Å². The number of carbonyl (C=O) groups excluding carboxylic acids is 1. The van der Waals surface area contributed by atoms with Crippen molar-refractivity contribution in [1.29, 1.82) is 0 Å². The largest absolute Gasteiger partial charge is 0.365 e. The molecule has 4 heteroatoms. The third-order valence-corrected chi connectivity index (χ3v) is 2.84. The zero-order chi connectivity index (χ0) is 9.14. The topological polar surface area (TPSA) is 43.1 Å². The Morgan fingerprint density at radius 3 is 2.92 bits per heavy atom. The molecule has 0 saturated carbocycles. The first-order valence-corrected chi connectivity index (χ1v) is 4.92. The predicted molar refractivity (Wildman–Crippen MR) is 51.8 cm³/mol. The number of thiophene rings is 1. The maximum Gasteiger partial charge on any atom is 0.259 e. The van der Waals surface area contributed by atoms with Gasteiger partial charge in [0.15, 0.2) is 0 Å². The summed E-state index contributed by atoms with van der Waals surface area (Å²) >= 11 is 7.01. The minimum Gasteiger partial charge on any atom is -0.365 e. The summed E-state index contributed by atoms with van der Waals surface area (Å²) in [6.07, 6.45) is 1.86. The minimum absolute atomic E-state index is 0.379.